The average Bonchev–Trinajstić information content (AvgIpc) is 2.43. The van der Waals surface area contributed by atoms with Crippen molar-refractivity contribution in [2.45, 2.75) is 52.1 Å². The van der Waals surface area contributed by atoms with Crippen LogP contribution in [0, 0.1) is 11.8 Å². The molecule has 0 radical (unpaired) electrons. The van der Waals surface area contributed by atoms with Gasteiger partial charge in [0.15, 0.2) is 6.30 Å². The van der Waals surface area contributed by atoms with E-state index in [1.165, 1.54) is 0 Å². The summed E-state index contributed by atoms with van der Waals surface area (Å²) in [5.74, 6) is 1.12. The summed E-state index contributed by atoms with van der Waals surface area (Å²) >= 11 is 0. The molecule has 0 aliphatic carbocycles. The minimum Gasteiger partial charge on any atom is -0.294 e. The Morgan fingerprint density at radius 1 is 1.43 bits per heavy atom. The lowest BCUT2D eigenvalue weighted by Crippen LogP contribution is -2.43. The van der Waals surface area contributed by atoms with Gasteiger partial charge in [-0.2, -0.15) is 0 Å². The second kappa shape index (κ2) is 3.78. The van der Waals surface area contributed by atoms with Gasteiger partial charge in [0, 0.05) is 6.54 Å². The predicted molar refractivity (Wildman–Crippen MR) is 55.5 cm³/mol. The molecule has 2 heterocycles. The minimum absolute atomic E-state index is 0.0327. The van der Waals surface area contributed by atoms with Crippen molar-refractivity contribution in [3.63, 3.8) is 0 Å². The van der Waals surface area contributed by atoms with Gasteiger partial charge in [0.05, 0.1) is 12.2 Å². The molecule has 82 valence electrons. The molecule has 3 heteroatoms. The number of fused-ring (bicyclic) bond motifs is 1. The summed E-state index contributed by atoms with van der Waals surface area (Å²) < 4.78 is 14.0. The van der Waals surface area contributed by atoms with Gasteiger partial charge < -0.3 is 0 Å². The maximum absolute atomic E-state index is 14.0. The zero-order valence-electron chi connectivity index (χ0n) is 9.33. The summed E-state index contributed by atoms with van der Waals surface area (Å²) in [6.07, 6.45) is 1.77. The zero-order chi connectivity index (χ0) is 10.3. The van der Waals surface area contributed by atoms with Crippen LogP contribution < -0.4 is 5.32 Å². The quantitative estimate of drug-likeness (QED) is 0.651. The number of halogens is 1. The summed E-state index contributed by atoms with van der Waals surface area (Å²) in [6, 6.07) is 0.0327. The van der Waals surface area contributed by atoms with E-state index in [1.807, 2.05) is 4.90 Å². The summed E-state index contributed by atoms with van der Waals surface area (Å²) in [7, 11) is 0. The third-order valence-corrected chi connectivity index (χ3v) is 3.62. The molecule has 2 rings (SSSR count). The van der Waals surface area contributed by atoms with Gasteiger partial charge in [0.1, 0.15) is 0 Å². The van der Waals surface area contributed by atoms with Crippen LogP contribution in [-0.2, 0) is 0 Å². The lowest BCUT2D eigenvalue weighted by atomic mass is 9.97. The highest BCUT2D eigenvalue weighted by molar-refractivity contribution is 4.94. The molecule has 14 heavy (non-hydrogen) atoms. The Hall–Kier alpha value is -0.150. The van der Waals surface area contributed by atoms with E-state index in [-0.39, 0.29) is 6.04 Å². The number of nitrogens with zero attached hydrogens (tertiary/aromatic N) is 1. The Bertz CT molecular complexity index is 207. The predicted octanol–water partition coefficient (Wildman–Crippen LogP) is 1.97. The molecule has 2 nitrogen and oxygen atoms in total. The van der Waals surface area contributed by atoms with Crippen molar-refractivity contribution in [3.8, 4) is 0 Å². The van der Waals surface area contributed by atoms with Gasteiger partial charge in [-0.1, -0.05) is 20.8 Å². The molecule has 0 aromatic heterocycles. The van der Waals surface area contributed by atoms with Crippen LogP contribution in [0.4, 0.5) is 4.39 Å². The van der Waals surface area contributed by atoms with Crippen molar-refractivity contribution in [2.75, 3.05) is 6.54 Å². The average molecular weight is 200 g/mol. The number of hydrogen-bond acceptors (Lipinski definition) is 2. The molecule has 2 aliphatic heterocycles. The van der Waals surface area contributed by atoms with E-state index in [4.69, 9.17) is 0 Å². The maximum Gasteiger partial charge on any atom is 0.170 e. The summed E-state index contributed by atoms with van der Waals surface area (Å²) in [5, 5.41) is 3.42. The first-order valence-electron chi connectivity index (χ1n) is 5.75. The fraction of sp³-hybridized carbons (Fsp3) is 1.00. The normalized spacial score (nSPS) is 44.4. The van der Waals surface area contributed by atoms with Gasteiger partial charge >= 0.3 is 0 Å². The van der Waals surface area contributed by atoms with Crippen molar-refractivity contribution in [3.05, 3.63) is 0 Å². The first-order valence-corrected chi connectivity index (χ1v) is 5.75. The van der Waals surface area contributed by atoms with Crippen molar-refractivity contribution >= 4 is 0 Å². The van der Waals surface area contributed by atoms with Gasteiger partial charge in [-0.15, -0.1) is 0 Å². The van der Waals surface area contributed by atoms with E-state index in [0.717, 1.165) is 25.3 Å². The van der Waals surface area contributed by atoms with Gasteiger partial charge in [0.25, 0.3) is 0 Å². The molecule has 2 fully saturated rings. The highest BCUT2D eigenvalue weighted by Crippen LogP contribution is 2.31. The van der Waals surface area contributed by atoms with E-state index in [2.05, 4.69) is 26.1 Å². The first-order chi connectivity index (χ1) is 6.59. The molecular weight excluding hydrogens is 179 g/mol. The third kappa shape index (κ3) is 1.68. The van der Waals surface area contributed by atoms with E-state index < -0.39 is 6.30 Å². The SMILES string of the molecule is CC1CCN2C(C1)NC(C(C)C)C2F. The van der Waals surface area contributed by atoms with Crippen LogP contribution in [0.2, 0.25) is 0 Å². The molecule has 0 spiro atoms. The van der Waals surface area contributed by atoms with E-state index >= 15 is 0 Å². The second-order valence-electron chi connectivity index (χ2n) is 5.19. The molecule has 0 amide bonds. The van der Waals surface area contributed by atoms with Gasteiger partial charge in [-0.3, -0.25) is 10.2 Å². The van der Waals surface area contributed by atoms with Gasteiger partial charge in [-0.05, 0) is 24.7 Å². The van der Waals surface area contributed by atoms with E-state index in [1.54, 1.807) is 0 Å². The molecule has 0 aromatic rings. The smallest absolute Gasteiger partial charge is 0.170 e. The van der Waals surface area contributed by atoms with Crippen LogP contribution in [0.25, 0.3) is 0 Å². The monoisotopic (exact) mass is 200 g/mol. The van der Waals surface area contributed by atoms with Crippen molar-refractivity contribution in [1.82, 2.24) is 10.2 Å². The van der Waals surface area contributed by atoms with Crippen LogP contribution in [0.15, 0.2) is 0 Å². The Kier molecular flexibility index (Phi) is 2.80. The molecule has 2 saturated heterocycles. The summed E-state index contributed by atoms with van der Waals surface area (Å²) in [4.78, 5) is 2.00. The van der Waals surface area contributed by atoms with Crippen LogP contribution in [-0.4, -0.2) is 29.9 Å². The Morgan fingerprint density at radius 2 is 2.14 bits per heavy atom. The number of hydrogen-bond donors (Lipinski definition) is 1. The van der Waals surface area contributed by atoms with E-state index in [9.17, 15) is 4.39 Å². The van der Waals surface area contributed by atoms with Crippen molar-refractivity contribution < 1.29 is 4.39 Å². The topological polar surface area (TPSA) is 15.3 Å². The maximum atomic E-state index is 14.0. The van der Waals surface area contributed by atoms with E-state index in [0.29, 0.717) is 12.1 Å². The zero-order valence-corrected chi connectivity index (χ0v) is 9.33. The molecule has 1 N–H and O–H groups in total. The van der Waals surface area contributed by atoms with Gasteiger partial charge in [0.2, 0.25) is 0 Å². The van der Waals surface area contributed by atoms with Crippen molar-refractivity contribution in [2.24, 2.45) is 11.8 Å². The lowest BCUT2D eigenvalue weighted by Gasteiger charge is -2.33. The Balaban J connectivity index is 2.04. The first kappa shape index (κ1) is 10.4. The summed E-state index contributed by atoms with van der Waals surface area (Å²) in [6.45, 7) is 7.36. The minimum atomic E-state index is -0.771. The number of nitrogens with one attached hydrogen (secondary N) is 1. The number of alkyl halides is 1. The van der Waals surface area contributed by atoms with Crippen molar-refractivity contribution in [1.29, 1.82) is 0 Å². The van der Waals surface area contributed by atoms with Crippen LogP contribution in [0.5, 0.6) is 0 Å². The molecular formula is C11H21FN2. The van der Waals surface area contributed by atoms with Crippen LogP contribution in [0.3, 0.4) is 0 Å². The fourth-order valence-corrected chi connectivity index (χ4v) is 2.64. The molecule has 4 atom stereocenters. The fourth-order valence-electron chi connectivity index (χ4n) is 2.64. The largest absolute Gasteiger partial charge is 0.294 e. The molecule has 0 aromatic carbocycles. The lowest BCUT2D eigenvalue weighted by molar-refractivity contribution is 0.0429. The summed E-state index contributed by atoms with van der Waals surface area (Å²) in [5.41, 5.74) is 0. The molecule has 4 unspecified atom stereocenters. The highest BCUT2D eigenvalue weighted by Gasteiger charge is 2.44. The molecule has 2 aliphatic rings. The molecule has 0 saturated carbocycles. The van der Waals surface area contributed by atoms with Gasteiger partial charge in [-0.25, -0.2) is 4.39 Å². The Morgan fingerprint density at radius 3 is 2.79 bits per heavy atom. The standard InChI is InChI=1S/C11H21FN2/c1-7(2)10-11(12)14-5-4-8(3)6-9(14)13-10/h7-11,13H,4-6H2,1-3H3. The van der Waals surface area contributed by atoms with Crippen LogP contribution >= 0.6 is 0 Å². The second-order valence-corrected chi connectivity index (χ2v) is 5.19. The van der Waals surface area contributed by atoms with Crippen LogP contribution in [0.1, 0.15) is 33.6 Å². The Labute approximate surface area is 85.9 Å². The molecule has 0 bridgehead atoms. The third-order valence-electron chi connectivity index (χ3n) is 3.62. The number of rotatable bonds is 1. The number of piperidine rings is 1. The highest BCUT2D eigenvalue weighted by atomic mass is 19.1.